The number of halogens is 1. The summed E-state index contributed by atoms with van der Waals surface area (Å²) in [7, 11) is 3.92. The Morgan fingerprint density at radius 2 is 1.52 bits per heavy atom. The van der Waals surface area contributed by atoms with Crippen LogP contribution in [0.1, 0.15) is 17.0 Å². The standard InChI is InChI=1S/C16H17ClN2O2/c1-18(2)15-9-5-13(6-10-15)16(11-19(20)21)12-3-7-14(17)8-4-12/h3-10,16H,11H2,1-2H3. The highest BCUT2D eigenvalue weighted by atomic mass is 35.5. The van der Waals surface area contributed by atoms with E-state index in [1.807, 2.05) is 55.4 Å². The van der Waals surface area contributed by atoms with Gasteiger partial charge >= 0.3 is 0 Å². The van der Waals surface area contributed by atoms with Crippen molar-refractivity contribution in [3.05, 3.63) is 74.8 Å². The average Bonchev–Trinajstić information content (AvgIpc) is 2.46. The van der Waals surface area contributed by atoms with Gasteiger partial charge in [-0.3, -0.25) is 10.1 Å². The quantitative estimate of drug-likeness (QED) is 0.623. The fourth-order valence-corrected chi connectivity index (χ4v) is 2.38. The van der Waals surface area contributed by atoms with Crippen molar-refractivity contribution < 1.29 is 4.92 Å². The summed E-state index contributed by atoms with van der Waals surface area (Å²) in [6.07, 6.45) is 0. The maximum Gasteiger partial charge on any atom is 0.214 e. The Bertz CT molecular complexity index is 609. The van der Waals surface area contributed by atoms with E-state index in [1.165, 1.54) is 0 Å². The van der Waals surface area contributed by atoms with Gasteiger partial charge in [-0.2, -0.15) is 0 Å². The lowest BCUT2D eigenvalue weighted by Crippen LogP contribution is -2.14. The van der Waals surface area contributed by atoms with Gasteiger partial charge in [-0.25, -0.2) is 0 Å². The molecule has 0 heterocycles. The highest BCUT2D eigenvalue weighted by molar-refractivity contribution is 6.30. The highest BCUT2D eigenvalue weighted by Crippen LogP contribution is 2.27. The summed E-state index contributed by atoms with van der Waals surface area (Å²) in [5.74, 6) is -0.270. The van der Waals surface area contributed by atoms with Gasteiger partial charge < -0.3 is 4.90 Å². The fourth-order valence-electron chi connectivity index (χ4n) is 2.25. The minimum absolute atomic E-state index is 0.136. The van der Waals surface area contributed by atoms with Gasteiger partial charge in [-0.15, -0.1) is 0 Å². The van der Waals surface area contributed by atoms with E-state index in [9.17, 15) is 10.1 Å². The van der Waals surface area contributed by atoms with Crippen LogP contribution in [-0.4, -0.2) is 25.6 Å². The van der Waals surface area contributed by atoms with E-state index in [0.717, 1.165) is 16.8 Å². The molecular formula is C16H17ClN2O2. The molecular weight excluding hydrogens is 288 g/mol. The Hall–Kier alpha value is -2.07. The smallest absolute Gasteiger partial charge is 0.214 e. The second-order valence-corrected chi connectivity index (χ2v) is 5.54. The van der Waals surface area contributed by atoms with Gasteiger partial charge in [0.1, 0.15) is 0 Å². The molecule has 1 atom stereocenters. The molecule has 0 aliphatic heterocycles. The summed E-state index contributed by atoms with van der Waals surface area (Å²) >= 11 is 5.88. The molecule has 0 saturated heterocycles. The topological polar surface area (TPSA) is 46.4 Å². The van der Waals surface area contributed by atoms with Gasteiger partial charge in [-0.05, 0) is 35.4 Å². The number of anilines is 1. The van der Waals surface area contributed by atoms with Crippen molar-refractivity contribution in [2.45, 2.75) is 5.92 Å². The highest BCUT2D eigenvalue weighted by Gasteiger charge is 2.20. The van der Waals surface area contributed by atoms with E-state index in [4.69, 9.17) is 11.6 Å². The van der Waals surface area contributed by atoms with E-state index < -0.39 is 0 Å². The molecule has 0 aromatic heterocycles. The maximum atomic E-state index is 11.0. The van der Waals surface area contributed by atoms with Gasteiger partial charge in [-0.1, -0.05) is 35.9 Å². The zero-order valence-corrected chi connectivity index (χ0v) is 12.7. The first-order chi connectivity index (χ1) is 9.97. The molecule has 0 spiro atoms. The molecule has 0 aliphatic carbocycles. The Kier molecular flexibility index (Phi) is 4.81. The summed E-state index contributed by atoms with van der Waals surface area (Å²) < 4.78 is 0. The first-order valence-electron chi connectivity index (χ1n) is 6.62. The number of nitro groups is 1. The van der Waals surface area contributed by atoms with Crippen molar-refractivity contribution in [3.63, 3.8) is 0 Å². The number of hydrogen-bond donors (Lipinski definition) is 0. The van der Waals surface area contributed by atoms with Gasteiger partial charge in [0.15, 0.2) is 0 Å². The third-order valence-corrected chi connectivity index (χ3v) is 3.67. The molecule has 2 rings (SSSR count). The van der Waals surface area contributed by atoms with Crippen molar-refractivity contribution in [3.8, 4) is 0 Å². The van der Waals surface area contributed by atoms with Crippen LogP contribution >= 0.6 is 11.6 Å². The molecule has 0 N–H and O–H groups in total. The molecule has 21 heavy (non-hydrogen) atoms. The van der Waals surface area contributed by atoms with Crippen molar-refractivity contribution in [2.24, 2.45) is 0 Å². The first kappa shape index (κ1) is 15.3. The number of rotatable bonds is 5. The molecule has 5 heteroatoms. The fraction of sp³-hybridized carbons (Fsp3) is 0.250. The summed E-state index contributed by atoms with van der Waals surface area (Å²) in [6.45, 7) is -0.136. The summed E-state index contributed by atoms with van der Waals surface area (Å²) in [5.41, 5.74) is 2.89. The minimum Gasteiger partial charge on any atom is -0.378 e. The molecule has 0 radical (unpaired) electrons. The normalized spacial score (nSPS) is 12.0. The molecule has 2 aromatic carbocycles. The molecule has 4 nitrogen and oxygen atoms in total. The maximum absolute atomic E-state index is 11.0. The van der Waals surface area contributed by atoms with Crippen molar-refractivity contribution in [1.29, 1.82) is 0 Å². The average molecular weight is 305 g/mol. The van der Waals surface area contributed by atoms with E-state index in [-0.39, 0.29) is 17.4 Å². The number of hydrogen-bond acceptors (Lipinski definition) is 3. The van der Waals surface area contributed by atoms with Crippen LogP contribution in [0.15, 0.2) is 48.5 Å². The van der Waals surface area contributed by atoms with E-state index >= 15 is 0 Å². The lowest BCUT2D eigenvalue weighted by Gasteiger charge is -2.17. The second-order valence-electron chi connectivity index (χ2n) is 5.11. The van der Waals surface area contributed by atoms with Crippen LogP contribution in [0.5, 0.6) is 0 Å². The Balaban J connectivity index is 2.35. The van der Waals surface area contributed by atoms with E-state index in [2.05, 4.69) is 0 Å². The second kappa shape index (κ2) is 6.59. The third-order valence-electron chi connectivity index (χ3n) is 3.42. The van der Waals surface area contributed by atoms with Crippen LogP contribution < -0.4 is 4.90 Å². The zero-order valence-electron chi connectivity index (χ0n) is 12.0. The Morgan fingerprint density at radius 1 is 1.05 bits per heavy atom. The summed E-state index contributed by atoms with van der Waals surface area (Å²) in [5, 5.41) is 11.6. The number of benzene rings is 2. The Labute approximate surface area is 129 Å². The van der Waals surface area contributed by atoms with Crippen LogP contribution in [0.4, 0.5) is 5.69 Å². The van der Waals surface area contributed by atoms with Crippen LogP contribution in [-0.2, 0) is 0 Å². The van der Waals surface area contributed by atoms with Crippen LogP contribution in [0.25, 0.3) is 0 Å². The summed E-state index contributed by atoms with van der Waals surface area (Å²) in [6, 6.07) is 15.0. The third kappa shape index (κ3) is 3.95. The van der Waals surface area contributed by atoms with Crippen molar-refractivity contribution in [1.82, 2.24) is 0 Å². The molecule has 1 unspecified atom stereocenters. The van der Waals surface area contributed by atoms with Crippen LogP contribution in [0, 0.1) is 10.1 Å². The van der Waals surface area contributed by atoms with Gasteiger partial charge in [0.2, 0.25) is 6.54 Å². The molecule has 0 fully saturated rings. The molecule has 0 bridgehead atoms. The molecule has 2 aromatic rings. The first-order valence-corrected chi connectivity index (χ1v) is 6.99. The molecule has 110 valence electrons. The lowest BCUT2D eigenvalue weighted by molar-refractivity contribution is -0.481. The molecule has 0 saturated carbocycles. The number of nitrogens with zero attached hydrogens (tertiary/aromatic N) is 2. The van der Waals surface area contributed by atoms with Crippen LogP contribution in [0.3, 0.4) is 0 Å². The van der Waals surface area contributed by atoms with Gasteiger partial charge in [0.05, 0.1) is 5.92 Å². The van der Waals surface area contributed by atoms with Gasteiger partial charge in [0.25, 0.3) is 0 Å². The molecule has 0 aliphatic rings. The lowest BCUT2D eigenvalue weighted by atomic mass is 9.91. The van der Waals surface area contributed by atoms with E-state index in [0.29, 0.717) is 5.02 Å². The Morgan fingerprint density at radius 3 is 1.95 bits per heavy atom. The van der Waals surface area contributed by atoms with Crippen LogP contribution in [0.2, 0.25) is 5.02 Å². The monoisotopic (exact) mass is 304 g/mol. The summed E-state index contributed by atoms with van der Waals surface area (Å²) in [4.78, 5) is 12.7. The zero-order chi connectivity index (χ0) is 15.4. The van der Waals surface area contributed by atoms with E-state index in [1.54, 1.807) is 12.1 Å². The molecule has 0 amide bonds. The minimum atomic E-state index is -0.279. The SMILES string of the molecule is CN(C)c1ccc(C(C[N+](=O)[O-])c2ccc(Cl)cc2)cc1. The predicted octanol–water partition coefficient (Wildman–Crippen LogP) is 3.81. The van der Waals surface area contributed by atoms with Gasteiger partial charge in [0, 0.05) is 29.7 Å². The van der Waals surface area contributed by atoms with Crippen molar-refractivity contribution >= 4 is 17.3 Å². The largest absolute Gasteiger partial charge is 0.378 e. The van der Waals surface area contributed by atoms with Crippen molar-refractivity contribution in [2.75, 3.05) is 25.5 Å². The predicted molar refractivity (Wildman–Crippen MR) is 85.9 cm³/mol.